The van der Waals surface area contributed by atoms with Gasteiger partial charge in [0.1, 0.15) is 0 Å². The molecule has 0 radical (unpaired) electrons. The number of aryl methyl sites for hydroxylation is 1. The van der Waals surface area contributed by atoms with Crippen molar-refractivity contribution in [1.82, 2.24) is 0 Å². The summed E-state index contributed by atoms with van der Waals surface area (Å²) in [6.45, 7) is 3.10. The van der Waals surface area contributed by atoms with E-state index in [1.165, 1.54) is 14.3 Å². The zero-order chi connectivity index (χ0) is 14.8. The van der Waals surface area contributed by atoms with Gasteiger partial charge < -0.3 is 0 Å². The van der Waals surface area contributed by atoms with Crippen molar-refractivity contribution in [3.05, 3.63) is 45.2 Å². The van der Waals surface area contributed by atoms with E-state index in [4.69, 9.17) is 16.3 Å². The molecule has 1 aromatic carbocycles. The number of fused-ring (bicyclic) bond motifs is 1. The molecule has 0 saturated carbocycles. The van der Waals surface area contributed by atoms with Crippen LogP contribution in [0.5, 0.6) is 5.75 Å². The summed E-state index contributed by atoms with van der Waals surface area (Å²) < 4.78 is 10.3. The van der Waals surface area contributed by atoms with Gasteiger partial charge in [0.2, 0.25) is 0 Å². The molecule has 0 aliphatic rings. The molecule has 0 unspecified atom stereocenters. The maximum absolute atomic E-state index is 6.46. The summed E-state index contributed by atoms with van der Waals surface area (Å²) in [5, 5.41) is 2.87. The Labute approximate surface area is 139 Å². The number of hydrogen-bond donors (Lipinski definition) is 0. The fourth-order valence-corrected chi connectivity index (χ4v) is 5.73. The Kier molecular flexibility index (Phi) is 4.51. The number of thiophene rings is 1. The maximum atomic E-state index is 6.46. The van der Waals surface area contributed by atoms with Crippen molar-refractivity contribution >= 4 is 58.3 Å². The zero-order valence-electron chi connectivity index (χ0n) is 11.8. The summed E-state index contributed by atoms with van der Waals surface area (Å²) >= 11 is 8.42. The van der Waals surface area contributed by atoms with E-state index in [0.717, 1.165) is 22.2 Å². The van der Waals surface area contributed by atoms with E-state index in [-0.39, 0.29) is 14.5 Å². The first-order valence-corrected chi connectivity index (χ1v) is 9.61. The first-order valence-electron chi connectivity index (χ1n) is 6.64. The van der Waals surface area contributed by atoms with Gasteiger partial charge in [0.05, 0.1) is 0 Å². The minimum atomic E-state index is 0.287. The summed E-state index contributed by atoms with van der Waals surface area (Å²) in [7, 11) is 1.70. The Morgan fingerprint density at radius 3 is 2.95 bits per heavy atom. The summed E-state index contributed by atoms with van der Waals surface area (Å²) in [4.78, 5) is 1.12. The van der Waals surface area contributed by atoms with Gasteiger partial charge in [-0.25, -0.2) is 0 Å². The molecule has 2 aromatic heterocycles. The molecule has 3 aromatic rings. The van der Waals surface area contributed by atoms with Gasteiger partial charge >= 0.3 is 139 Å². The van der Waals surface area contributed by atoms with Gasteiger partial charge in [0.15, 0.2) is 0 Å². The van der Waals surface area contributed by atoms with Crippen LogP contribution in [0.25, 0.3) is 20.9 Å². The van der Waals surface area contributed by atoms with Gasteiger partial charge in [-0.2, -0.15) is 0 Å². The number of hydrogen-bond acceptors (Lipinski definition) is 2. The predicted molar refractivity (Wildman–Crippen MR) is 91.4 cm³/mol. The zero-order valence-corrected chi connectivity index (χ0v) is 15.1. The summed E-state index contributed by atoms with van der Waals surface area (Å²) in [5.41, 5.74) is 1.25. The van der Waals surface area contributed by atoms with E-state index in [1.54, 1.807) is 18.4 Å². The van der Waals surface area contributed by atoms with Crippen LogP contribution in [0.3, 0.4) is 0 Å². The number of ether oxygens (including phenoxy) is 1. The third-order valence-electron chi connectivity index (χ3n) is 3.26. The Morgan fingerprint density at radius 2 is 2.29 bits per heavy atom. The Morgan fingerprint density at radius 1 is 1.43 bits per heavy atom. The summed E-state index contributed by atoms with van der Waals surface area (Å²) in [6, 6.07) is 10.4. The average molecular weight is 384 g/mol. The number of halogens is 1. The number of methoxy groups -OCH3 is 1. The molecule has 0 spiro atoms. The SMILES string of the molecule is CC[n+]1c(/C=C(\Cl)c2cccs2)[se]c2ccc(OC)cc21. The summed E-state index contributed by atoms with van der Waals surface area (Å²) in [6.07, 6.45) is 2.11. The standard InChI is InChI=1S/C16H15ClNOSSe/c1-3-18-13-9-11(19-2)6-7-15(13)21-16(18)10-12(17)14-5-4-8-20-14/h4-10H,3H2,1-2H3/q+1/b12-10-. The molecule has 0 N–H and O–H groups in total. The molecule has 2 heterocycles. The second-order valence-electron chi connectivity index (χ2n) is 4.49. The van der Waals surface area contributed by atoms with Crippen molar-refractivity contribution in [3.8, 4) is 5.75 Å². The van der Waals surface area contributed by atoms with Gasteiger partial charge in [0, 0.05) is 0 Å². The van der Waals surface area contributed by atoms with Gasteiger partial charge in [-0.3, -0.25) is 0 Å². The van der Waals surface area contributed by atoms with Crippen molar-refractivity contribution < 1.29 is 9.30 Å². The molecule has 108 valence electrons. The van der Waals surface area contributed by atoms with E-state index >= 15 is 0 Å². The van der Waals surface area contributed by atoms with Crippen LogP contribution in [0, 0.1) is 0 Å². The van der Waals surface area contributed by atoms with Gasteiger partial charge in [-0.05, 0) is 0 Å². The molecule has 0 aliphatic carbocycles. The minimum absolute atomic E-state index is 0.287. The molecule has 2 nitrogen and oxygen atoms in total. The first-order chi connectivity index (χ1) is 10.2. The molecular weight excluding hydrogens is 369 g/mol. The van der Waals surface area contributed by atoms with Crippen molar-refractivity contribution in [1.29, 1.82) is 0 Å². The molecule has 5 heteroatoms. The second kappa shape index (κ2) is 6.37. The van der Waals surface area contributed by atoms with Gasteiger partial charge in [-0.15, -0.1) is 0 Å². The molecular formula is C16H15ClNOSSe+. The number of rotatable bonds is 4. The van der Waals surface area contributed by atoms with E-state index in [0.29, 0.717) is 0 Å². The number of benzene rings is 1. The van der Waals surface area contributed by atoms with E-state index in [1.807, 2.05) is 17.5 Å². The van der Waals surface area contributed by atoms with Crippen LogP contribution in [0.4, 0.5) is 0 Å². The second-order valence-corrected chi connectivity index (χ2v) is 8.07. The molecule has 0 bridgehead atoms. The normalized spacial score (nSPS) is 12.0. The van der Waals surface area contributed by atoms with Crippen LogP contribution in [-0.2, 0) is 6.54 Å². The molecule has 0 amide bonds. The first kappa shape index (κ1) is 14.9. The molecule has 0 atom stereocenters. The Hall–Kier alpha value is -1.06. The van der Waals surface area contributed by atoms with Crippen molar-refractivity contribution in [3.63, 3.8) is 0 Å². The van der Waals surface area contributed by atoms with E-state index in [2.05, 4.69) is 35.8 Å². The average Bonchev–Trinajstić information content (AvgIpc) is 3.13. The van der Waals surface area contributed by atoms with Crippen LogP contribution >= 0.6 is 22.9 Å². The third-order valence-corrected chi connectivity index (χ3v) is 6.92. The molecule has 0 saturated heterocycles. The Bertz CT molecular complexity index is 792. The van der Waals surface area contributed by atoms with Gasteiger partial charge in [0.25, 0.3) is 0 Å². The van der Waals surface area contributed by atoms with Crippen molar-refractivity contribution in [2.45, 2.75) is 13.5 Å². The van der Waals surface area contributed by atoms with Crippen LogP contribution < -0.4 is 9.30 Å². The Balaban J connectivity index is 2.12. The number of nitrogens with zero attached hydrogens (tertiary/aromatic N) is 1. The molecule has 21 heavy (non-hydrogen) atoms. The van der Waals surface area contributed by atoms with Gasteiger partial charge in [-0.1, -0.05) is 0 Å². The molecule has 0 aliphatic heterocycles. The molecule has 3 rings (SSSR count). The van der Waals surface area contributed by atoms with Crippen molar-refractivity contribution in [2.75, 3.05) is 7.11 Å². The fraction of sp³-hybridized carbons (Fsp3) is 0.188. The van der Waals surface area contributed by atoms with Crippen molar-refractivity contribution in [2.24, 2.45) is 0 Å². The molecule has 0 fully saturated rings. The van der Waals surface area contributed by atoms with E-state index in [9.17, 15) is 0 Å². The van der Waals surface area contributed by atoms with Crippen LogP contribution in [-0.4, -0.2) is 21.6 Å². The fourth-order valence-electron chi connectivity index (χ4n) is 2.24. The number of aromatic nitrogens is 1. The topological polar surface area (TPSA) is 13.1 Å². The quantitative estimate of drug-likeness (QED) is 0.490. The summed E-state index contributed by atoms with van der Waals surface area (Å²) in [5.74, 6) is 0.901. The van der Waals surface area contributed by atoms with Crippen LogP contribution in [0.15, 0.2) is 35.7 Å². The third kappa shape index (κ3) is 2.95. The van der Waals surface area contributed by atoms with Crippen LogP contribution in [0.2, 0.25) is 0 Å². The van der Waals surface area contributed by atoms with E-state index < -0.39 is 0 Å². The monoisotopic (exact) mass is 384 g/mol. The predicted octanol–water partition coefficient (Wildman–Crippen LogP) is 4.01. The van der Waals surface area contributed by atoms with Crippen LogP contribution in [0.1, 0.15) is 16.4 Å².